The van der Waals surface area contributed by atoms with Crippen LogP contribution in [0.2, 0.25) is 5.02 Å². The fraction of sp³-hybridized carbons (Fsp3) is 0.500. The van der Waals surface area contributed by atoms with Crippen LogP contribution in [-0.2, 0) is 11.0 Å². The lowest BCUT2D eigenvalue weighted by atomic mass is 9.95. The number of hydrogen-bond acceptors (Lipinski definition) is 4. The molecule has 1 aliphatic rings. The molecule has 0 unspecified atom stereocenters. The standard InChI is InChI=1S/C18H20ClF3N4OS/c1-11-24-25-17(26(11)12-6-3-2-4-7-12)28-10-15(27)23-16-13(18(20,21)22)8-5-9-14(16)19/h5,8-9,12H,2-4,6-7,10H2,1H3,(H,23,27). The second-order valence-electron chi connectivity index (χ2n) is 6.69. The van der Waals surface area contributed by atoms with E-state index in [1.54, 1.807) is 0 Å². The van der Waals surface area contributed by atoms with Crippen molar-refractivity contribution in [1.82, 2.24) is 14.8 Å². The molecule has 1 heterocycles. The van der Waals surface area contributed by atoms with E-state index >= 15 is 0 Å². The molecule has 1 N–H and O–H groups in total. The number of aromatic nitrogens is 3. The minimum atomic E-state index is -4.61. The van der Waals surface area contributed by atoms with Gasteiger partial charge in [0.15, 0.2) is 5.16 Å². The Labute approximate surface area is 170 Å². The normalized spacial score (nSPS) is 15.6. The van der Waals surface area contributed by atoms with E-state index < -0.39 is 23.3 Å². The maximum absolute atomic E-state index is 13.2. The summed E-state index contributed by atoms with van der Waals surface area (Å²) in [5.41, 5.74) is -1.40. The number of rotatable bonds is 5. The van der Waals surface area contributed by atoms with Crippen LogP contribution >= 0.6 is 23.4 Å². The molecule has 1 aliphatic carbocycles. The summed E-state index contributed by atoms with van der Waals surface area (Å²) in [5, 5.41) is 11.0. The average molecular weight is 433 g/mol. The number of benzene rings is 1. The van der Waals surface area contributed by atoms with Crippen LogP contribution in [0.25, 0.3) is 0 Å². The number of carbonyl (C=O) groups is 1. The van der Waals surface area contributed by atoms with Crippen LogP contribution in [0, 0.1) is 6.92 Å². The highest BCUT2D eigenvalue weighted by Gasteiger charge is 2.34. The number of nitrogens with one attached hydrogen (secondary N) is 1. The quantitative estimate of drug-likeness (QED) is 0.634. The van der Waals surface area contributed by atoms with E-state index in [-0.39, 0.29) is 10.8 Å². The molecule has 5 nitrogen and oxygen atoms in total. The lowest BCUT2D eigenvalue weighted by molar-refractivity contribution is -0.137. The van der Waals surface area contributed by atoms with E-state index in [0.717, 1.165) is 49.3 Å². The molecule has 1 aromatic carbocycles. The number of aryl methyl sites for hydroxylation is 1. The number of thioether (sulfide) groups is 1. The topological polar surface area (TPSA) is 59.8 Å². The zero-order chi connectivity index (χ0) is 20.3. The van der Waals surface area contributed by atoms with Gasteiger partial charge in [0.1, 0.15) is 5.82 Å². The van der Waals surface area contributed by atoms with Gasteiger partial charge in [-0.25, -0.2) is 0 Å². The van der Waals surface area contributed by atoms with Crippen LogP contribution in [0.4, 0.5) is 18.9 Å². The molecular formula is C18H20ClF3N4OS. The Morgan fingerprint density at radius 2 is 2.00 bits per heavy atom. The van der Waals surface area contributed by atoms with Gasteiger partial charge >= 0.3 is 6.18 Å². The minimum Gasteiger partial charge on any atom is -0.324 e. The van der Waals surface area contributed by atoms with Gasteiger partial charge in [0.25, 0.3) is 0 Å². The molecule has 28 heavy (non-hydrogen) atoms. The van der Waals surface area contributed by atoms with Gasteiger partial charge in [-0.3, -0.25) is 4.79 Å². The van der Waals surface area contributed by atoms with Crippen molar-refractivity contribution in [3.05, 3.63) is 34.6 Å². The summed E-state index contributed by atoms with van der Waals surface area (Å²) in [4.78, 5) is 12.3. The van der Waals surface area contributed by atoms with Crippen molar-refractivity contribution in [3.8, 4) is 0 Å². The summed E-state index contributed by atoms with van der Waals surface area (Å²) in [5.74, 6) is 0.104. The van der Waals surface area contributed by atoms with Crippen LogP contribution in [0.5, 0.6) is 0 Å². The van der Waals surface area contributed by atoms with Crippen molar-refractivity contribution >= 4 is 35.0 Å². The highest BCUT2D eigenvalue weighted by Crippen LogP contribution is 2.38. The van der Waals surface area contributed by atoms with Crippen molar-refractivity contribution in [3.63, 3.8) is 0 Å². The number of alkyl halides is 3. The van der Waals surface area contributed by atoms with E-state index in [2.05, 4.69) is 15.5 Å². The van der Waals surface area contributed by atoms with Crippen LogP contribution < -0.4 is 5.32 Å². The maximum atomic E-state index is 13.2. The Morgan fingerprint density at radius 1 is 1.29 bits per heavy atom. The van der Waals surface area contributed by atoms with Gasteiger partial charge in [-0.05, 0) is 31.9 Å². The molecule has 1 amide bonds. The Hall–Kier alpha value is -1.74. The monoisotopic (exact) mass is 432 g/mol. The van der Waals surface area contributed by atoms with Gasteiger partial charge in [0, 0.05) is 6.04 Å². The summed E-state index contributed by atoms with van der Waals surface area (Å²) in [6.07, 6.45) is 0.945. The molecule has 0 radical (unpaired) electrons. The number of hydrogen-bond donors (Lipinski definition) is 1. The van der Waals surface area contributed by atoms with Gasteiger partial charge in [-0.1, -0.05) is 48.7 Å². The van der Waals surface area contributed by atoms with Gasteiger partial charge in [-0.2, -0.15) is 13.2 Å². The minimum absolute atomic E-state index is 0.0899. The third-order valence-corrected chi connectivity index (χ3v) is 5.95. The third-order valence-electron chi connectivity index (χ3n) is 4.69. The second-order valence-corrected chi connectivity index (χ2v) is 8.04. The fourth-order valence-electron chi connectivity index (χ4n) is 3.40. The van der Waals surface area contributed by atoms with Gasteiger partial charge < -0.3 is 9.88 Å². The van der Waals surface area contributed by atoms with E-state index in [0.29, 0.717) is 11.2 Å². The number of anilines is 1. The molecule has 1 saturated carbocycles. The van der Waals surface area contributed by atoms with Gasteiger partial charge in [0.05, 0.1) is 22.0 Å². The molecule has 152 valence electrons. The second kappa shape index (κ2) is 8.73. The molecule has 2 aromatic rings. The average Bonchev–Trinajstić information content (AvgIpc) is 3.02. The number of nitrogens with zero attached hydrogens (tertiary/aromatic N) is 3. The molecule has 10 heteroatoms. The predicted octanol–water partition coefficient (Wildman–Crippen LogP) is 5.49. The molecule has 0 bridgehead atoms. The summed E-state index contributed by atoms with van der Waals surface area (Å²) in [6.45, 7) is 1.87. The molecule has 1 aromatic heterocycles. The smallest absolute Gasteiger partial charge is 0.324 e. The van der Waals surface area contributed by atoms with Gasteiger partial charge in [-0.15, -0.1) is 10.2 Å². The molecule has 0 aliphatic heterocycles. The Balaban J connectivity index is 1.70. The van der Waals surface area contributed by atoms with E-state index in [1.165, 1.54) is 18.6 Å². The van der Waals surface area contributed by atoms with Crippen molar-refractivity contribution < 1.29 is 18.0 Å². The van der Waals surface area contributed by atoms with Crippen molar-refractivity contribution in [2.45, 2.75) is 56.4 Å². The third kappa shape index (κ3) is 4.81. The zero-order valence-corrected chi connectivity index (χ0v) is 16.8. The number of carbonyl (C=O) groups excluding carboxylic acids is 1. The van der Waals surface area contributed by atoms with Gasteiger partial charge in [0.2, 0.25) is 5.91 Å². The van der Waals surface area contributed by atoms with E-state index in [1.807, 2.05) is 11.5 Å². The van der Waals surface area contributed by atoms with E-state index in [4.69, 9.17) is 11.6 Å². The molecule has 0 atom stereocenters. The van der Waals surface area contributed by atoms with Crippen LogP contribution in [0.1, 0.15) is 49.5 Å². The Kier molecular flexibility index (Phi) is 6.54. The van der Waals surface area contributed by atoms with Crippen LogP contribution in [-0.4, -0.2) is 26.4 Å². The number of amides is 1. The molecule has 0 saturated heterocycles. The summed E-state index contributed by atoms with van der Waals surface area (Å²) in [6, 6.07) is 3.69. The first-order valence-corrected chi connectivity index (χ1v) is 10.3. The lowest BCUT2D eigenvalue weighted by Gasteiger charge is -2.24. The van der Waals surface area contributed by atoms with Crippen LogP contribution in [0.3, 0.4) is 0 Å². The molecular weight excluding hydrogens is 413 g/mol. The van der Waals surface area contributed by atoms with Crippen molar-refractivity contribution in [2.75, 3.05) is 11.1 Å². The largest absolute Gasteiger partial charge is 0.418 e. The fourth-order valence-corrected chi connectivity index (χ4v) is 4.47. The number of para-hydroxylation sites is 1. The predicted molar refractivity (Wildman–Crippen MR) is 103 cm³/mol. The first-order chi connectivity index (χ1) is 13.3. The maximum Gasteiger partial charge on any atom is 0.418 e. The highest BCUT2D eigenvalue weighted by molar-refractivity contribution is 7.99. The lowest BCUT2D eigenvalue weighted by Crippen LogP contribution is -2.19. The number of halogens is 4. The highest BCUT2D eigenvalue weighted by atomic mass is 35.5. The first kappa shape index (κ1) is 21.0. The SMILES string of the molecule is Cc1nnc(SCC(=O)Nc2c(Cl)cccc2C(F)(F)F)n1C1CCCCC1. The molecule has 1 fully saturated rings. The summed E-state index contributed by atoms with van der Waals surface area (Å²) >= 11 is 7.04. The summed E-state index contributed by atoms with van der Waals surface area (Å²) < 4.78 is 41.5. The van der Waals surface area contributed by atoms with Crippen LogP contribution in [0.15, 0.2) is 23.4 Å². The Bertz CT molecular complexity index is 850. The van der Waals surface area contributed by atoms with E-state index in [9.17, 15) is 18.0 Å². The molecule has 3 rings (SSSR count). The first-order valence-electron chi connectivity index (χ1n) is 8.97. The Morgan fingerprint density at radius 3 is 2.68 bits per heavy atom. The van der Waals surface area contributed by atoms with Crippen molar-refractivity contribution in [1.29, 1.82) is 0 Å². The zero-order valence-electron chi connectivity index (χ0n) is 15.2. The van der Waals surface area contributed by atoms with Crippen molar-refractivity contribution in [2.24, 2.45) is 0 Å². The summed E-state index contributed by atoms with van der Waals surface area (Å²) in [7, 11) is 0. The molecule has 0 spiro atoms.